The Bertz CT molecular complexity index is 1260. The fraction of sp³-hybridized carbons (Fsp3) is 0.423. The second-order valence-corrected chi connectivity index (χ2v) is 9.44. The van der Waals surface area contributed by atoms with Crippen LogP contribution in [0.4, 0.5) is 5.00 Å². The van der Waals surface area contributed by atoms with Crippen LogP contribution in [0.25, 0.3) is 11.0 Å². The fourth-order valence-electron chi connectivity index (χ4n) is 4.20. The van der Waals surface area contributed by atoms with Crippen molar-refractivity contribution in [2.75, 3.05) is 25.1 Å². The van der Waals surface area contributed by atoms with E-state index >= 15 is 0 Å². The lowest BCUT2D eigenvalue weighted by molar-refractivity contribution is 0.0944. The number of ether oxygens (including phenoxy) is 1. The summed E-state index contributed by atoms with van der Waals surface area (Å²) in [5, 5.41) is 6.76. The van der Waals surface area contributed by atoms with Gasteiger partial charge in [-0.15, -0.1) is 11.3 Å². The predicted octanol–water partition coefficient (Wildman–Crippen LogP) is 4.70. The summed E-state index contributed by atoms with van der Waals surface area (Å²) < 4.78 is 11.1. The number of amides is 2. The molecule has 0 saturated carbocycles. The van der Waals surface area contributed by atoms with Crippen LogP contribution in [0.5, 0.6) is 0 Å². The Labute approximate surface area is 202 Å². The van der Waals surface area contributed by atoms with E-state index in [0.29, 0.717) is 41.3 Å². The topological polar surface area (TPSA) is 97.6 Å². The summed E-state index contributed by atoms with van der Waals surface area (Å²) in [5.41, 5.74) is 2.67. The number of benzene rings is 1. The van der Waals surface area contributed by atoms with Crippen molar-refractivity contribution in [3.8, 4) is 0 Å². The molecule has 0 bridgehead atoms. The predicted molar refractivity (Wildman–Crippen MR) is 134 cm³/mol. The molecular formula is C26H30N2O5S. The third-order valence-electron chi connectivity index (χ3n) is 6.00. The Morgan fingerprint density at radius 3 is 2.74 bits per heavy atom. The van der Waals surface area contributed by atoms with Crippen LogP contribution in [0.2, 0.25) is 0 Å². The summed E-state index contributed by atoms with van der Waals surface area (Å²) >= 11 is 1.44. The first-order valence-corrected chi connectivity index (χ1v) is 12.7. The molecule has 0 spiro atoms. The van der Waals surface area contributed by atoms with E-state index in [9.17, 15) is 14.4 Å². The summed E-state index contributed by atoms with van der Waals surface area (Å²) in [6.07, 6.45) is 5.31. The minimum Gasteiger partial charge on any atom is -0.451 e. The number of anilines is 1. The van der Waals surface area contributed by atoms with Gasteiger partial charge in [0.05, 0.1) is 10.9 Å². The minimum absolute atomic E-state index is 0.0730. The molecule has 0 atom stereocenters. The van der Waals surface area contributed by atoms with Gasteiger partial charge >= 0.3 is 0 Å². The highest BCUT2D eigenvalue weighted by Crippen LogP contribution is 2.38. The SMILES string of the molecule is CCOCCCNC(=O)c1c(NC(=O)c2cc(=O)c3cc(CC)ccc3o2)sc2c1CCCC2. The first kappa shape index (κ1) is 24.2. The van der Waals surface area contributed by atoms with Gasteiger partial charge in [-0.25, -0.2) is 0 Å². The smallest absolute Gasteiger partial charge is 0.292 e. The third kappa shape index (κ3) is 5.23. The lowest BCUT2D eigenvalue weighted by Gasteiger charge is -2.13. The van der Waals surface area contributed by atoms with Crippen LogP contribution >= 0.6 is 11.3 Å². The van der Waals surface area contributed by atoms with Crippen LogP contribution in [0.15, 0.2) is 33.5 Å². The molecule has 180 valence electrons. The van der Waals surface area contributed by atoms with Crippen LogP contribution < -0.4 is 16.1 Å². The first-order chi connectivity index (χ1) is 16.5. The summed E-state index contributed by atoms with van der Waals surface area (Å²) in [7, 11) is 0. The monoisotopic (exact) mass is 482 g/mol. The molecule has 2 amide bonds. The van der Waals surface area contributed by atoms with Crippen molar-refractivity contribution in [2.24, 2.45) is 0 Å². The van der Waals surface area contributed by atoms with Gasteiger partial charge in [0, 0.05) is 30.7 Å². The van der Waals surface area contributed by atoms with Crippen molar-refractivity contribution in [3.05, 3.63) is 61.8 Å². The van der Waals surface area contributed by atoms with Crippen molar-refractivity contribution < 1.29 is 18.7 Å². The van der Waals surface area contributed by atoms with E-state index in [0.717, 1.165) is 54.5 Å². The van der Waals surface area contributed by atoms with E-state index < -0.39 is 5.91 Å². The lowest BCUT2D eigenvalue weighted by atomic mass is 9.95. The molecule has 0 fully saturated rings. The molecule has 1 aliphatic carbocycles. The van der Waals surface area contributed by atoms with Gasteiger partial charge in [0.1, 0.15) is 10.6 Å². The van der Waals surface area contributed by atoms with Crippen molar-refractivity contribution in [2.45, 2.75) is 52.4 Å². The van der Waals surface area contributed by atoms with Crippen molar-refractivity contribution >= 4 is 39.1 Å². The van der Waals surface area contributed by atoms with Crippen LogP contribution in [-0.4, -0.2) is 31.6 Å². The number of aryl methyl sites for hydroxylation is 2. The molecule has 4 rings (SSSR count). The molecule has 1 aromatic carbocycles. The van der Waals surface area contributed by atoms with Gasteiger partial charge in [-0.2, -0.15) is 0 Å². The van der Waals surface area contributed by atoms with Gasteiger partial charge in [-0.1, -0.05) is 13.0 Å². The number of carbonyl (C=O) groups is 2. The molecule has 3 aromatic rings. The number of hydrogen-bond acceptors (Lipinski definition) is 6. The summed E-state index contributed by atoms with van der Waals surface area (Å²) in [5.74, 6) is -0.808. The summed E-state index contributed by atoms with van der Waals surface area (Å²) in [6, 6.07) is 6.62. The quantitative estimate of drug-likeness (QED) is 0.431. The van der Waals surface area contributed by atoms with Gasteiger partial charge in [-0.05, 0) is 68.7 Å². The van der Waals surface area contributed by atoms with Gasteiger partial charge in [0.25, 0.3) is 11.8 Å². The molecule has 0 unspecified atom stereocenters. The number of rotatable bonds is 9. The zero-order valence-corrected chi connectivity index (χ0v) is 20.4. The number of carbonyl (C=O) groups excluding carboxylic acids is 2. The highest BCUT2D eigenvalue weighted by atomic mass is 32.1. The van der Waals surface area contributed by atoms with E-state index in [1.54, 1.807) is 12.1 Å². The standard InChI is InChI=1S/C26H30N2O5S/c1-3-16-10-11-20-18(14-16)19(29)15-21(33-20)24(30)28-26-23(17-8-5-6-9-22(17)34-26)25(31)27-12-7-13-32-4-2/h10-11,14-15H,3-9,12-13H2,1-2H3,(H,27,31)(H,28,30). The zero-order chi connectivity index (χ0) is 24.1. The maximum absolute atomic E-state index is 13.1. The van der Waals surface area contributed by atoms with Gasteiger partial charge in [0.15, 0.2) is 11.2 Å². The lowest BCUT2D eigenvalue weighted by Crippen LogP contribution is -2.27. The average Bonchev–Trinajstić information content (AvgIpc) is 3.21. The summed E-state index contributed by atoms with van der Waals surface area (Å²) in [4.78, 5) is 39.9. The van der Waals surface area contributed by atoms with Crippen LogP contribution in [0, 0.1) is 0 Å². The molecule has 1 aliphatic rings. The molecule has 0 radical (unpaired) electrons. The molecule has 2 aromatic heterocycles. The van der Waals surface area contributed by atoms with Crippen molar-refractivity contribution in [1.82, 2.24) is 5.32 Å². The second kappa shape index (κ2) is 11.0. The van der Waals surface area contributed by atoms with E-state index in [-0.39, 0.29) is 17.1 Å². The second-order valence-electron chi connectivity index (χ2n) is 8.33. The molecule has 7 nitrogen and oxygen atoms in total. The Hall–Kier alpha value is -2.97. The largest absolute Gasteiger partial charge is 0.451 e. The Morgan fingerprint density at radius 1 is 1.12 bits per heavy atom. The Kier molecular flexibility index (Phi) is 7.80. The molecule has 2 heterocycles. The van der Waals surface area contributed by atoms with Gasteiger partial charge in [0.2, 0.25) is 0 Å². The molecule has 34 heavy (non-hydrogen) atoms. The van der Waals surface area contributed by atoms with E-state index in [2.05, 4.69) is 10.6 Å². The van der Waals surface area contributed by atoms with E-state index in [4.69, 9.17) is 9.15 Å². The zero-order valence-electron chi connectivity index (χ0n) is 19.6. The third-order valence-corrected chi connectivity index (χ3v) is 7.21. The molecule has 0 saturated heterocycles. The summed E-state index contributed by atoms with van der Waals surface area (Å²) in [6.45, 7) is 5.68. The normalized spacial score (nSPS) is 13.0. The molecule has 8 heteroatoms. The van der Waals surface area contributed by atoms with E-state index in [1.807, 2.05) is 19.9 Å². The minimum atomic E-state index is -0.539. The number of fused-ring (bicyclic) bond motifs is 2. The van der Waals surface area contributed by atoms with Crippen molar-refractivity contribution in [3.63, 3.8) is 0 Å². The van der Waals surface area contributed by atoms with Gasteiger partial charge < -0.3 is 19.8 Å². The maximum Gasteiger partial charge on any atom is 0.292 e. The number of thiophene rings is 1. The van der Waals surface area contributed by atoms with Crippen LogP contribution in [0.3, 0.4) is 0 Å². The van der Waals surface area contributed by atoms with Gasteiger partial charge in [-0.3, -0.25) is 14.4 Å². The number of hydrogen-bond donors (Lipinski definition) is 2. The van der Waals surface area contributed by atoms with Crippen molar-refractivity contribution in [1.29, 1.82) is 0 Å². The molecule has 2 N–H and O–H groups in total. The average molecular weight is 483 g/mol. The Morgan fingerprint density at radius 2 is 1.94 bits per heavy atom. The first-order valence-electron chi connectivity index (χ1n) is 11.9. The maximum atomic E-state index is 13.1. The molecule has 0 aliphatic heterocycles. The van der Waals surface area contributed by atoms with Crippen LogP contribution in [-0.2, 0) is 24.0 Å². The van der Waals surface area contributed by atoms with E-state index in [1.165, 1.54) is 17.4 Å². The van der Waals surface area contributed by atoms with Crippen LogP contribution in [0.1, 0.15) is 70.0 Å². The highest BCUT2D eigenvalue weighted by Gasteiger charge is 2.27. The number of nitrogens with one attached hydrogen (secondary N) is 2. The highest BCUT2D eigenvalue weighted by molar-refractivity contribution is 7.17. The fourth-order valence-corrected chi connectivity index (χ4v) is 5.48. The Balaban J connectivity index is 1.58. The molecular weight excluding hydrogens is 452 g/mol.